The third-order valence-corrected chi connectivity index (χ3v) is 6.82. The predicted octanol–water partition coefficient (Wildman–Crippen LogP) is 5.89. The fourth-order valence-corrected chi connectivity index (χ4v) is 4.77. The molecule has 0 atom stereocenters. The van der Waals surface area contributed by atoms with Crippen LogP contribution in [0.5, 0.6) is 0 Å². The molecular weight excluding hydrogens is 494 g/mol. The fourth-order valence-electron chi connectivity index (χ4n) is 2.97. The summed E-state index contributed by atoms with van der Waals surface area (Å²) in [5.74, 6) is 0.924. The van der Waals surface area contributed by atoms with Gasteiger partial charge in [0.15, 0.2) is 16.1 Å². The van der Waals surface area contributed by atoms with E-state index >= 15 is 0 Å². The molecule has 9 heteroatoms. The van der Waals surface area contributed by atoms with Crippen LogP contribution in [0.1, 0.15) is 12.5 Å². The van der Waals surface area contributed by atoms with Crippen LogP contribution in [-0.2, 0) is 11.3 Å². The summed E-state index contributed by atoms with van der Waals surface area (Å²) in [6.45, 7) is 4.83. The van der Waals surface area contributed by atoms with Crippen LogP contribution in [0.15, 0.2) is 63.5 Å². The van der Waals surface area contributed by atoms with Crippen molar-refractivity contribution in [2.45, 2.75) is 25.5 Å². The molecule has 1 amide bonds. The van der Waals surface area contributed by atoms with E-state index in [1.807, 2.05) is 53.3 Å². The third-order valence-electron chi connectivity index (χ3n) is 4.57. The molecule has 2 heterocycles. The SMILES string of the molecule is CCn1c(SCC(=O)Nc2nc(-c3ccc(Br)cc3)cs2)nnc1-c1ccc(C)cc1. The highest BCUT2D eigenvalue weighted by Crippen LogP contribution is 2.27. The molecule has 2 aromatic carbocycles. The predicted molar refractivity (Wildman–Crippen MR) is 130 cm³/mol. The van der Waals surface area contributed by atoms with Gasteiger partial charge in [0.05, 0.1) is 11.4 Å². The van der Waals surface area contributed by atoms with Crippen molar-refractivity contribution < 1.29 is 4.79 Å². The van der Waals surface area contributed by atoms with E-state index in [2.05, 4.69) is 55.5 Å². The van der Waals surface area contributed by atoms with Gasteiger partial charge >= 0.3 is 0 Å². The number of amides is 1. The van der Waals surface area contributed by atoms with Crippen molar-refractivity contribution in [1.82, 2.24) is 19.7 Å². The molecule has 6 nitrogen and oxygen atoms in total. The Bertz CT molecular complexity index is 1190. The van der Waals surface area contributed by atoms with Crippen molar-refractivity contribution in [2.75, 3.05) is 11.1 Å². The number of thiazole rings is 1. The number of rotatable bonds is 7. The van der Waals surface area contributed by atoms with E-state index in [1.165, 1.54) is 28.7 Å². The summed E-state index contributed by atoms with van der Waals surface area (Å²) in [6.07, 6.45) is 0. The molecule has 158 valence electrons. The number of hydrogen-bond acceptors (Lipinski definition) is 6. The smallest absolute Gasteiger partial charge is 0.236 e. The number of nitrogens with zero attached hydrogens (tertiary/aromatic N) is 4. The molecule has 4 rings (SSSR count). The molecule has 0 radical (unpaired) electrons. The zero-order valence-electron chi connectivity index (χ0n) is 17.0. The number of aryl methyl sites for hydroxylation is 1. The lowest BCUT2D eigenvalue weighted by Gasteiger charge is -2.07. The van der Waals surface area contributed by atoms with Gasteiger partial charge in [-0.25, -0.2) is 4.98 Å². The van der Waals surface area contributed by atoms with Crippen LogP contribution in [0, 0.1) is 6.92 Å². The van der Waals surface area contributed by atoms with E-state index in [9.17, 15) is 4.79 Å². The number of nitrogens with one attached hydrogen (secondary N) is 1. The number of carbonyl (C=O) groups is 1. The van der Waals surface area contributed by atoms with Crippen LogP contribution in [0.4, 0.5) is 5.13 Å². The first-order valence-electron chi connectivity index (χ1n) is 9.68. The molecule has 0 saturated carbocycles. The zero-order chi connectivity index (χ0) is 21.8. The second-order valence-corrected chi connectivity index (χ2v) is 9.51. The van der Waals surface area contributed by atoms with Gasteiger partial charge in [0.2, 0.25) is 5.91 Å². The van der Waals surface area contributed by atoms with Gasteiger partial charge in [-0.3, -0.25) is 4.79 Å². The molecule has 0 saturated heterocycles. The standard InChI is InChI=1S/C22H20BrN5OS2/c1-3-28-20(16-6-4-14(2)5-7-16)26-27-22(28)31-13-19(29)25-21-24-18(12-30-21)15-8-10-17(23)11-9-15/h4-12H,3,13H2,1-2H3,(H,24,25,29). The van der Waals surface area contributed by atoms with Crippen LogP contribution in [0.25, 0.3) is 22.6 Å². The molecule has 0 aliphatic carbocycles. The largest absolute Gasteiger partial charge is 0.302 e. The van der Waals surface area contributed by atoms with Gasteiger partial charge in [-0.15, -0.1) is 21.5 Å². The van der Waals surface area contributed by atoms with E-state index in [-0.39, 0.29) is 11.7 Å². The quantitative estimate of drug-likeness (QED) is 0.312. The lowest BCUT2D eigenvalue weighted by molar-refractivity contribution is -0.113. The van der Waals surface area contributed by atoms with Crippen molar-refractivity contribution in [3.63, 3.8) is 0 Å². The second-order valence-electron chi connectivity index (χ2n) is 6.80. The minimum atomic E-state index is -0.121. The molecule has 0 unspecified atom stereocenters. The first kappa shape index (κ1) is 21.7. The highest BCUT2D eigenvalue weighted by molar-refractivity contribution is 9.10. The van der Waals surface area contributed by atoms with Gasteiger partial charge in [-0.2, -0.15) is 0 Å². The molecule has 0 spiro atoms. The molecule has 0 fully saturated rings. The van der Waals surface area contributed by atoms with E-state index in [0.717, 1.165) is 38.8 Å². The van der Waals surface area contributed by atoms with E-state index in [0.29, 0.717) is 5.13 Å². The second kappa shape index (κ2) is 9.76. The average molecular weight is 514 g/mol. The number of anilines is 1. The highest BCUT2D eigenvalue weighted by Gasteiger charge is 2.15. The third kappa shape index (κ3) is 5.23. The van der Waals surface area contributed by atoms with E-state index in [4.69, 9.17) is 0 Å². The molecule has 0 aliphatic rings. The topological polar surface area (TPSA) is 72.7 Å². The Balaban J connectivity index is 1.39. The number of hydrogen-bond donors (Lipinski definition) is 1. The zero-order valence-corrected chi connectivity index (χ0v) is 20.2. The summed E-state index contributed by atoms with van der Waals surface area (Å²) in [5.41, 5.74) is 4.06. The lowest BCUT2D eigenvalue weighted by Crippen LogP contribution is -2.14. The van der Waals surface area contributed by atoms with Gasteiger partial charge < -0.3 is 9.88 Å². The van der Waals surface area contributed by atoms with Crippen LogP contribution in [-0.4, -0.2) is 31.4 Å². The number of aromatic nitrogens is 4. The van der Waals surface area contributed by atoms with Gasteiger partial charge in [0.1, 0.15) is 0 Å². The maximum Gasteiger partial charge on any atom is 0.236 e. The summed E-state index contributed by atoms with van der Waals surface area (Å²) in [7, 11) is 0. The first-order valence-corrected chi connectivity index (χ1v) is 12.3. The lowest BCUT2D eigenvalue weighted by atomic mass is 10.1. The van der Waals surface area contributed by atoms with Crippen LogP contribution < -0.4 is 5.32 Å². The van der Waals surface area contributed by atoms with Gasteiger partial charge in [-0.05, 0) is 26.0 Å². The fraction of sp³-hybridized carbons (Fsp3) is 0.182. The van der Waals surface area contributed by atoms with Crippen LogP contribution >= 0.6 is 39.0 Å². The Labute approximate surface area is 197 Å². The van der Waals surface area contributed by atoms with Gasteiger partial charge in [-0.1, -0.05) is 69.7 Å². The maximum absolute atomic E-state index is 12.5. The molecule has 2 aromatic heterocycles. The van der Waals surface area contributed by atoms with Crippen molar-refractivity contribution in [2.24, 2.45) is 0 Å². The van der Waals surface area contributed by atoms with Crippen LogP contribution in [0.3, 0.4) is 0 Å². The Morgan fingerprint density at radius 2 is 1.81 bits per heavy atom. The van der Waals surface area contributed by atoms with Crippen LogP contribution in [0.2, 0.25) is 0 Å². The number of halogens is 1. The van der Waals surface area contributed by atoms with Gasteiger partial charge in [0.25, 0.3) is 0 Å². The average Bonchev–Trinajstić information content (AvgIpc) is 3.40. The first-order chi connectivity index (χ1) is 15.0. The number of carbonyl (C=O) groups excluding carboxylic acids is 1. The molecule has 0 bridgehead atoms. The van der Waals surface area contributed by atoms with E-state index < -0.39 is 0 Å². The maximum atomic E-state index is 12.5. The molecule has 0 aliphatic heterocycles. The monoisotopic (exact) mass is 513 g/mol. The Hall–Kier alpha value is -2.49. The van der Waals surface area contributed by atoms with Crippen molar-refractivity contribution >= 4 is 50.1 Å². The van der Waals surface area contributed by atoms with Crippen molar-refractivity contribution in [1.29, 1.82) is 0 Å². The Kier molecular flexibility index (Phi) is 6.84. The summed E-state index contributed by atoms with van der Waals surface area (Å²) < 4.78 is 3.04. The minimum absolute atomic E-state index is 0.121. The minimum Gasteiger partial charge on any atom is -0.302 e. The number of benzene rings is 2. The molecule has 31 heavy (non-hydrogen) atoms. The van der Waals surface area contributed by atoms with Crippen molar-refractivity contribution in [3.8, 4) is 22.6 Å². The molecule has 4 aromatic rings. The number of thioether (sulfide) groups is 1. The summed E-state index contributed by atoms with van der Waals surface area (Å²) >= 11 is 6.21. The normalized spacial score (nSPS) is 10.9. The highest BCUT2D eigenvalue weighted by atomic mass is 79.9. The van der Waals surface area contributed by atoms with Gasteiger partial charge in [0, 0.05) is 27.5 Å². The summed E-state index contributed by atoms with van der Waals surface area (Å²) in [5, 5.41) is 14.8. The van der Waals surface area contributed by atoms with E-state index in [1.54, 1.807) is 0 Å². The summed E-state index contributed by atoms with van der Waals surface area (Å²) in [6, 6.07) is 16.1. The van der Waals surface area contributed by atoms with Crippen molar-refractivity contribution in [3.05, 3.63) is 63.9 Å². The molecule has 1 N–H and O–H groups in total. The molecular formula is C22H20BrN5OS2. The Morgan fingerprint density at radius 1 is 1.10 bits per heavy atom. The summed E-state index contributed by atoms with van der Waals surface area (Å²) in [4.78, 5) is 17.0. The Morgan fingerprint density at radius 3 is 2.52 bits per heavy atom.